The van der Waals surface area contributed by atoms with Gasteiger partial charge in [0.1, 0.15) is 5.82 Å². The second kappa shape index (κ2) is 5.54. The zero-order chi connectivity index (χ0) is 12.1. The first kappa shape index (κ1) is 11.7. The predicted octanol–water partition coefficient (Wildman–Crippen LogP) is 2.64. The topological polar surface area (TPSA) is 40.7 Å². The van der Waals surface area contributed by atoms with Crippen molar-refractivity contribution in [2.75, 3.05) is 0 Å². The predicted molar refractivity (Wildman–Crippen MR) is 60.5 cm³/mol. The molecule has 0 fully saturated rings. The van der Waals surface area contributed by atoms with Crippen LogP contribution in [-0.4, -0.2) is 9.97 Å². The van der Waals surface area contributed by atoms with Crippen LogP contribution >= 0.6 is 0 Å². The summed E-state index contributed by atoms with van der Waals surface area (Å²) in [7, 11) is 0. The molecule has 0 aliphatic heterocycles. The van der Waals surface area contributed by atoms with Crippen molar-refractivity contribution < 1.29 is 8.78 Å². The van der Waals surface area contributed by atoms with Crippen LogP contribution < -0.4 is 5.32 Å². The third-order valence-corrected chi connectivity index (χ3v) is 2.38. The molecule has 0 atom stereocenters. The zero-order valence-corrected chi connectivity index (χ0v) is 9.16. The van der Waals surface area contributed by atoms with E-state index in [1.54, 1.807) is 18.5 Å². The van der Waals surface area contributed by atoms with E-state index >= 15 is 0 Å². The van der Waals surface area contributed by atoms with Crippen molar-refractivity contribution in [2.24, 2.45) is 0 Å². The SMILES string of the molecule is FC(F)c1cccc(CNCc2ncc[nH]2)c1. The molecule has 5 heteroatoms. The third kappa shape index (κ3) is 3.35. The number of nitrogens with zero attached hydrogens (tertiary/aromatic N) is 1. The van der Waals surface area contributed by atoms with E-state index in [0.29, 0.717) is 13.1 Å². The van der Waals surface area contributed by atoms with Crippen LogP contribution in [-0.2, 0) is 13.1 Å². The molecule has 17 heavy (non-hydrogen) atoms. The van der Waals surface area contributed by atoms with Crippen LogP contribution in [0.25, 0.3) is 0 Å². The van der Waals surface area contributed by atoms with Gasteiger partial charge in [0.25, 0.3) is 6.43 Å². The van der Waals surface area contributed by atoms with Crippen LogP contribution in [0.1, 0.15) is 23.4 Å². The number of rotatable bonds is 5. The molecule has 0 unspecified atom stereocenters. The Kier molecular flexibility index (Phi) is 3.82. The van der Waals surface area contributed by atoms with Gasteiger partial charge in [-0.1, -0.05) is 18.2 Å². The van der Waals surface area contributed by atoms with Crippen molar-refractivity contribution in [3.05, 3.63) is 53.6 Å². The normalized spacial score (nSPS) is 11.0. The average Bonchev–Trinajstić information content (AvgIpc) is 2.82. The van der Waals surface area contributed by atoms with Crippen molar-refractivity contribution in [3.8, 4) is 0 Å². The van der Waals surface area contributed by atoms with Gasteiger partial charge in [0.15, 0.2) is 0 Å². The number of aromatic nitrogens is 2. The van der Waals surface area contributed by atoms with Gasteiger partial charge in [-0.3, -0.25) is 0 Å². The Hall–Kier alpha value is -1.75. The molecule has 0 aliphatic rings. The van der Waals surface area contributed by atoms with Gasteiger partial charge in [-0.25, -0.2) is 13.8 Å². The number of H-pyrrole nitrogens is 1. The Labute approximate surface area is 97.9 Å². The molecule has 2 rings (SSSR count). The van der Waals surface area contributed by atoms with Gasteiger partial charge in [0.2, 0.25) is 0 Å². The number of aromatic amines is 1. The standard InChI is InChI=1S/C12H13F2N3/c13-12(14)10-3-1-2-9(6-10)7-15-8-11-16-4-5-17-11/h1-6,12,15H,7-8H2,(H,16,17). The number of benzene rings is 1. The van der Waals surface area contributed by atoms with Crippen molar-refractivity contribution in [2.45, 2.75) is 19.5 Å². The number of hydrogen-bond acceptors (Lipinski definition) is 2. The maximum Gasteiger partial charge on any atom is 0.263 e. The first-order chi connectivity index (χ1) is 8.25. The molecule has 0 bridgehead atoms. The van der Waals surface area contributed by atoms with E-state index in [1.165, 1.54) is 12.1 Å². The average molecular weight is 237 g/mol. The monoisotopic (exact) mass is 237 g/mol. The lowest BCUT2D eigenvalue weighted by atomic mass is 10.1. The number of alkyl halides is 2. The van der Waals surface area contributed by atoms with Gasteiger partial charge < -0.3 is 10.3 Å². The maximum atomic E-state index is 12.5. The van der Waals surface area contributed by atoms with E-state index in [1.807, 2.05) is 6.07 Å². The number of nitrogens with one attached hydrogen (secondary N) is 2. The summed E-state index contributed by atoms with van der Waals surface area (Å²) in [6.07, 6.45) is 1.00. The summed E-state index contributed by atoms with van der Waals surface area (Å²) in [5.41, 5.74) is 0.900. The molecular formula is C12H13F2N3. The fourth-order valence-electron chi connectivity index (χ4n) is 1.56. The summed E-state index contributed by atoms with van der Waals surface area (Å²) < 4.78 is 24.9. The summed E-state index contributed by atoms with van der Waals surface area (Å²) in [6.45, 7) is 1.13. The Morgan fingerprint density at radius 2 is 2.18 bits per heavy atom. The van der Waals surface area contributed by atoms with Crippen LogP contribution in [0.4, 0.5) is 8.78 Å². The van der Waals surface area contributed by atoms with E-state index in [9.17, 15) is 8.78 Å². The van der Waals surface area contributed by atoms with E-state index in [2.05, 4.69) is 15.3 Å². The van der Waals surface area contributed by atoms with Crippen LogP contribution in [0.5, 0.6) is 0 Å². The van der Waals surface area contributed by atoms with E-state index < -0.39 is 6.43 Å². The highest BCUT2D eigenvalue weighted by Gasteiger charge is 2.06. The molecule has 2 aromatic rings. The van der Waals surface area contributed by atoms with Crippen LogP contribution in [0, 0.1) is 0 Å². The zero-order valence-electron chi connectivity index (χ0n) is 9.16. The molecule has 2 N–H and O–H groups in total. The number of imidazole rings is 1. The molecule has 0 saturated heterocycles. The Morgan fingerprint density at radius 3 is 2.88 bits per heavy atom. The molecule has 0 amide bonds. The molecule has 90 valence electrons. The lowest BCUT2D eigenvalue weighted by molar-refractivity contribution is 0.151. The minimum absolute atomic E-state index is 0.0577. The third-order valence-electron chi connectivity index (χ3n) is 2.38. The minimum atomic E-state index is -2.42. The smallest absolute Gasteiger partial charge is 0.263 e. The molecule has 0 saturated carbocycles. The Morgan fingerprint density at radius 1 is 1.29 bits per heavy atom. The summed E-state index contributed by atoms with van der Waals surface area (Å²) in [5, 5.41) is 3.13. The Balaban J connectivity index is 1.88. The van der Waals surface area contributed by atoms with Crippen molar-refractivity contribution in [1.29, 1.82) is 0 Å². The van der Waals surface area contributed by atoms with Gasteiger partial charge in [0.05, 0.1) is 6.54 Å². The van der Waals surface area contributed by atoms with Crippen LogP contribution in [0.2, 0.25) is 0 Å². The second-order valence-corrected chi connectivity index (χ2v) is 3.69. The summed E-state index contributed by atoms with van der Waals surface area (Å²) >= 11 is 0. The molecule has 0 aliphatic carbocycles. The van der Waals surface area contributed by atoms with Crippen LogP contribution in [0.3, 0.4) is 0 Å². The molecule has 0 radical (unpaired) electrons. The highest BCUT2D eigenvalue weighted by atomic mass is 19.3. The highest BCUT2D eigenvalue weighted by Crippen LogP contribution is 2.19. The second-order valence-electron chi connectivity index (χ2n) is 3.69. The lowest BCUT2D eigenvalue weighted by Gasteiger charge is -2.05. The maximum absolute atomic E-state index is 12.5. The van der Waals surface area contributed by atoms with Crippen molar-refractivity contribution >= 4 is 0 Å². The van der Waals surface area contributed by atoms with Crippen molar-refractivity contribution in [3.63, 3.8) is 0 Å². The van der Waals surface area contributed by atoms with Gasteiger partial charge in [-0.15, -0.1) is 0 Å². The summed E-state index contributed by atoms with van der Waals surface area (Å²) in [4.78, 5) is 7.01. The summed E-state index contributed by atoms with van der Waals surface area (Å²) in [5.74, 6) is 0.829. The minimum Gasteiger partial charge on any atom is -0.348 e. The summed E-state index contributed by atoms with van der Waals surface area (Å²) in [6, 6.07) is 6.41. The molecule has 3 nitrogen and oxygen atoms in total. The van der Waals surface area contributed by atoms with E-state index in [4.69, 9.17) is 0 Å². The van der Waals surface area contributed by atoms with E-state index in [-0.39, 0.29) is 5.56 Å². The fourth-order valence-corrected chi connectivity index (χ4v) is 1.56. The van der Waals surface area contributed by atoms with Gasteiger partial charge >= 0.3 is 0 Å². The molecule has 1 heterocycles. The highest BCUT2D eigenvalue weighted by molar-refractivity contribution is 5.24. The molecular weight excluding hydrogens is 224 g/mol. The number of hydrogen-bond donors (Lipinski definition) is 2. The van der Waals surface area contributed by atoms with E-state index in [0.717, 1.165) is 11.4 Å². The van der Waals surface area contributed by atoms with Crippen LogP contribution in [0.15, 0.2) is 36.7 Å². The number of halogens is 2. The van der Waals surface area contributed by atoms with Gasteiger partial charge in [-0.05, 0) is 11.6 Å². The first-order valence-corrected chi connectivity index (χ1v) is 5.31. The first-order valence-electron chi connectivity index (χ1n) is 5.31. The lowest BCUT2D eigenvalue weighted by Crippen LogP contribution is -2.13. The quantitative estimate of drug-likeness (QED) is 0.839. The van der Waals surface area contributed by atoms with Gasteiger partial charge in [-0.2, -0.15) is 0 Å². The Bertz CT molecular complexity index is 455. The van der Waals surface area contributed by atoms with Crippen molar-refractivity contribution in [1.82, 2.24) is 15.3 Å². The molecule has 1 aromatic heterocycles. The molecule has 0 spiro atoms. The fraction of sp³-hybridized carbons (Fsp3) is 0.250. The molecule has 1 aromatic carbocycles. The largest absolute Gasteiger partial charge is 0.348 e. The van der Waals surface area contributed by atoms with Gasteiger partial charge in [0, 0.05) is 24.5 Å².